The Morgan fingerprint density at radius 3 is 2.67 bits per heavy atom. The van der Waals surface area contributed by atoms with Crippen molar-refractivity contribution in [3.63, 3.8) is 0 Å². The first-order valence-corrected chi connectivity index (χ1v) is 10.6. The molecule has 3 aromatic rings. The number of benzene rings is 2. The average Bonchev–Trinajstić information content (AvgIpc) is 3.28. The summed E-state index contributed by atoms with van der Waals surface area (Å²) in [5.41, 5.74) is 2.66. The van der Waals surface area contributed by atoms with Gasteiger partial charge in [0.25, 0.3) is 0 Å². The lowest BCUT2D eigenvalue weighted by molar-refractivity contribution is 0.0293. The molecule has 1 atom stereocenters. The fraction of sp³-hybridized carbons (Fsp3) is 0.391. The summed E-state index contributed by atoms with van der Waals surface area (Å²) >= 11 is 6.04. The van der Waals surface area contributed by atoms with E-state index in [9.17, 15) is 4.79 Å². The van der Waals surface area contributed by atoms with Crippen LogP contribution in [0.3, 0.4) is 0 Å². The number of nitrogens with zero attached hydrogens (tertiary/aromatic N) is 3. The lowest BCUT2D eigenvalue weighted by atomic mass is 10.2. The van der Waals surface area contributed by atoms with Crippen LogP contribution < -0.4 is 5.32 Å². The Balaban J connectivity index is 1.53. The molecule has 6 nitrogen and oxygen atoms in total. The summed E-state index contributed by atoms with van der Waals surface area (Å²) in [6.45, 7) is 7.60. The molecular weight excluding hydrogens is 400 g/mol. The summed E-state index contributed by atoms with van der Waals surface area (Å²) < 4.78 is 7.68. The van der Waals surface area contributed by atoms with Crippen LogP contribution in [0.25, 0.3) is 11.0 Å². The van der Waals surface area contributed by atoms with Gasteiger partial charge in [0, 0.05) is 24.2 Å². The first-order chi connectivity index (χ1) is 14.3. The highest BCUT2D eigenvalue weighted by Crippen LogP contribution is 2.24. The zero-order chi connectivity index (χ0) is 21.3. The van der Waals surface area contributed by atoms with Gasteiger partial charge < -0.3 is 19.5 Å². The molecule has 4 rings (SSSR count). The van der Waals surface area contributed by atoms with Crippen molar-refractivity contribution in [2.75, 3.05) is 18.4 Å². The smallest absolute Gasteiger partial charge is 0.410 e. The second kappa shape index (κ2) is 8.19. The first-order valence-electron chi connectivity index (χ1n) is 10.2. The van der Waals surface area contributed by atoms with E-state index in [-0.39, 0.29) is 12.1 Å². The van der Waals surface area contributed by atoms with Crippen LogP contribution in [0.4, 0.5) is 10.7 Å². The van der Waals surface area contributed by atoms with Gasteiger partial charge in [0.2, 0.25) is 5.95 Å². The van der Waals surface area contributed by atoms with Crippen LogP contribution >= 0.6 is 11.6 Å². The molecule has 158 valence electrons. The van der Waals surface area contributed by atoms with Crippen LogP contribution in [0.2, 0.25) is 5.02 Å². The van der Waals surface area contributed by atoms with E-state index in [4.69, 9.17) is 21.3 Å². The number of para-hydroxylation sites is 2. The van der Waals surface area contributed by atoms with Gasteiger partial charge >= 0.3 is 6.09 Å². The predicted octanol–water partition coefficient (Wildman–Crippen LogP) is 5.16. The number of hydrogen-bond donors (Lipinski definition) is 1. The topological polar surface area (TPSA) is 59.4 Å². The zero-order valence-corrected chi connectivity index (χ0v) is 18.3. The van der Waals surface area contributed by atoms with Gasteiger partial charge in [0.15, 0.2) is 0 Å². The summed E-state index contributed by atoms with van der Waals surface area (Å²) in [6, 6.07) is 16.1. The van der Waals surface area contributed by atoms with E-state index in [0.717, 1.165) is 34.0 Å². The molecular formula is C23H27ClN4O2. The number of carbonyl (C=O) groups excluding carboxylic acids is 1. The zero-order valence-electron chi connectivity index (χ0n) is 17.6. The van der Waals surface area contributed by atoms with Crippen molar-refractivity contribution < 1.29 is 9.53 Å². The van der Waals surface area contributed by atoms with Crippen LogP contribution in [-0.2, 0) is 11.3 Å². The van der Waals surface area contributed by atoms with Gasteiger partial charge in [0.1, 0.15) is 5.60 Å². The predicted molar refractivity (Wildman–Crippen MR) is 120 cm³/mol. The Morgan fingerprint density at radius 2 is 1.93 bits per heavy atom. The van der Waals surface area contributed by atoms with Gasteiger partial charge in [0.05, 0.1) is 17.6 Å². The molecule has 2 aromatic carbocycles. The Bertz CT molecular complexity index is 1040. The molecule has 7 heteroatoms. The summed E-state index contributed by atoms with van der Waals surface area (Å²) in [5.74, 6) is 0.808. The third-order valence-corrected chi connectivity index (χ3v) is 5.33. The highest BCUT2D eigenvalue weighted by molar-refractivity contribution is 6.30. The molecule has 1 amide bonds. The van der Waals surface area contributed by atoms with Gasteiger partial charge in [-0.05, 0) is 57.0 Å². The number of amides is 1. The Labute approximate surface area is 181 Å². The van der Waals surface area contributed by atoms with Crippen molar-refractivity contribution in [3.05, 3.63) is 59.1 Å². The fourth-order valence-corrected chi connectivity index (χ4v) is 3.80. The van der Waals surface area contributed by atoms with Gasteiger partial charge in [-0.3, -0.25) is 0 Å². The minimum absolute atomic E-state index is 0.123. The summed E-state index contributed by atoms with van der Waals surface area (Å²) in [4.78, 5) is 18.9. The number of hydrogen-bond acceptors (Lipinski definition) is 4. The van der Waals surface area contributed by atoms with Crippen molar-refractivity contribution in [2.45, 2.75) is 45.4 Å². The van der Waals surface area contributed by atoms with E-state index in [2.05, 4.69) is 16.0 Å². The second-order valence-electron chi connectivity index (χ2n) is 8.69. The van der Waals surface area contributed by atoms with Crippen LogP contribution in [0.1, 0.15) is 32.8 Å². The quantitative estimate of drug-likeness (QED) is 0.626. The SMILES string of the molecule is CC(C)(C)OC(=O)N1CC[C@@H](Nc2nc3ccccc3n2Cc2ccc(Cl)cc2)C1. The largest absolute Gasteiger partial charge is 0.444 e. The van der Waals surface area contributed by atoms with Gasteiger partial charge in [-0.2, -0.15) is 0 Å². The summed E-state index contributed by atoms with van der Waals surface area (Å²) in [6.07, 6.45) is 0.588. The number of nitrogens with one attached hydrogen (secondary N) is 1. The highest BCUT2D eigenvalue weighted by atomic mass is 35.5. The standard InChI is InChI=1S/C23H27ClN4O2/c1-23(2,3)30-22(29)27-13-12-18(15-27)25-21-26-19-6-4-5-7-20(19)28(21)14-16-8-10-17(24)11-9-16/h4-11,18H,12-15H2,1-3H3,(H,25,26)/t18-/m1/s1. The third kappa shape index (κ3) is 4.70. The molecule has 0 bridgehead atoms. The number of carbonyl (C=O) groups is 1. The molecule has 2 heterocycles. The van der Waals surface area contributed by atoms with E-state index < -0.39 is 5.60 Å². The lowest BCUT2D eigenvalue weighted by Crippen LogP contribution is -2.36. The van der Waals surface area contributed by atoms with E-state index in [1.165, 1.54) is 0 Å². The number of aromatic nitrogens is 2. The van der Waals surface area contributed by atoms with Crippen molar-refractivity contribution in [3.8, 4) is 0 Å². The highest BCUT2D eigenvalue weighted by Gasteiger charge is 2.30. The van der Waals surface area contributed by atoms with E-state index in [0.29, 0.717) is 19.6 Å². The Morgan fingerprint density at radius 1 is 1.20 bits per heavy atom. The minimum atomic E-state index is -0.491. The molecule has 0 saturated carbocycles. The minimum Gasteiger partial charge on any atom is -0.444 e. The van der Waals surface area contributed by atoms with Crippen LogP contribution in [0, 0.1) is 0 Å². The molecule has 30 heavy (non-hydrogen) atoms. The molecule has 1 fully saturated rings. The molecule has 1 aromatic heterocycles. The molecule has 0 radical (unpaired) electrons. The lowest BCUT2D eigenvalue weighted by Gasteiger charge is -2.24. The maximum absolute atomic E-state index is 12.4. The van der Waals surface area contributed by atoms with Crippen molar-refractivity contribution in [1.82, 2.24) is 14.5 Å². The van der Waals surface area contributed by atoms with Gasteiger partial charge in [-0.1, -0.05) is 35.9 Å². The van der Waals surface area contributed by atoms with E-state index >= 15 is 0 Å². The number of likely N-dealkylation sites (tertiary alicyclic amines) is 1. The number of anilines is 1. The van der Waals surface area contributed by atoms with Gasteiger partial charge in [-0.15, -0.1) is 0 Å². The molecule has 1 N–H and O–H groups in total. The second-order valence-corrected chi connectivity index (χ2v) is 9.13. The monoisotopic (exact) mass is 426 g/mol. The maximum Gasteiger partial charge on any atom is 0.410 e. The van der Waals surface area contributed by atoms with E-state index in [1.807, 2.05) is 63.2 Å². The average molecular weight is 427 g/mol. The summed E-state index contributed by atoms with van der Waals surface area (Å²) in [7, 11) is 0. The first kappa shape index (κ1) is 20.5. The van der Waals surface area contributed by atoms with Crippen molar-refractivity contribution in [1.29, 1.82) is 0 Å². The summed E-state index contributed by atoms with van der Waals surface area (Å²) in [5, 5.41) is 4.28. The molecule has 0 unspecified atom stereocenters. The van der Waals surface area contributed by atoms with Crippen molar-refractivity contribution >= 4 is 34.7 Å². The van der Waals surface area contributed by atoms with Crippen molar-refractivity contribution in [2.24, 2.45) is 0 Å². The molecule has 1 saturated heterocycles. The Hall–Kier alpha value is -2.73. The number of halogens is 1. The maximum atomic E-state index is 12.4. The number of fused-ring (bicyclic) bond motifs is 1. The molecule has 0 aliphatic carbocycles. The third-order valence-electron chi connectivity index (χ3n) is 5.08. The normalized spacial score (nSPS) is 16.8. The van der Waals surface area contributed by atoms with Gasteiger partial charge in [-0.25, -0.2) is 9.78 Å². The molecule has 1 aliphatic heterocycles. The van der Waals surface area contributed by atoms with E-state index in [1.54, 1.807) is 4.90 Å². The van der Waals surface area contributed by atoms with Crippen LogP contribution in [-0.4, -0.2) is 45.3 Å². The number of imidazole rings is 1. The fourth-order valence-electron chi connectivity index (χ4n) is 3.67. The number of rotatable bonds is 4. The van der Waals surface area contributed by atoms with Crippen LogP contribution in [0.15, 0.2) is 48.5 Å². The van der Waals surface area contributed by atoms with Crippen LogP contribution in [0.5, 0.6) is 0 Å². The number of ether oxygens (including phenoxy) is 1. The molecule has 1 aliphatic rings. The Kier molecular flexibility index (Phi) is 5.60. The molecule has 0 spiro atoms.